The Kier molecular flexibility index (Phi) is 11.0. The molecule has 1 rings (SSSR count). The molecular weight excluding hydrogens is 366 g/mol. The molecule has 0 aliphatic carbocycles. The van der Waals surface area contributed by atoms with Crippen molar-refractivity contribution in [2.75, 3.05) is 14.2 Å². The fourth-order valence-corrected chi connectivity index (χ4v) is 7.20. The van der Waals surface area contributed by atoms with Crippen LogP contribution < -0.4 is 0 Å². The van der Waals surface area contributed by atoms with Crippen LogP contribution in [0.1, 0.15) is 65.4 Å². The number of hydroxylamine groups is 2. The summed E-state index contributed by atoms with van der Waals surface area (Å²) in [5.41, 5.74) is 1.06. The summed E-state index contributed by atoms with van der Waals surface area (Å²) in [5.74, 6) is 0.0344. The molecule has 0 unspecified atom stereocenters. The molecule has 28 heavy (non-hydrogen) atoms. The number of carbonyl (C=O) groups is 1. The highest BCUT2D eigenvalue weighted by molar-refractivity contribution is 6.73. The van der Waals surface area contributed by atoms with Crippen molar-refractivity contribution in [3.63, 3.8) is 0 Å². The number of carbonyl (C=O) groups excluding carboxylic acids is 1. The number of hydrogen-bond donors (Lipinski definition) is 0. The minimum Gasteiger partial charge on any atom is -0.414 e. The molecule has 0 aliphatic heterocycles. The summed E-state index contributed by atoms with van der Waals surface area (Å²) < 4.78 is 6.70. The van der Waals surface area contributed by atoms with Gasteiger partial charge in [-0.15, -0.1) is 0 Å². The topological polar surface area (TPSA) is 38.8 Å². The first kappa shape index (κ1) is 24.9. The number of rotatable bonds is 13. The first-order chi connectivity index (χ1) is 13.4. The Bertz CT molecular complexity index is 554. The van der Waals surface area contributed by atoms with E-state index in [4.69, 9.17) is 9.26 Å². The highest BCUT2D eigenvalue weighted by Crippen LogP contribution is 2.35. The molecule has 5 heteroatoms. The third-order valence-corrected chi connectivity index (χ3v) is 10.9. The molecule has 1 aromatic carbocycles. The van der Waals surface area contributed by atoms with Crippen LogP contribution in [-0.4, -0.2) is 39.5 Å². The van der Waals surface area contributed by atoms with Crippen LogP contribution in [0.5, 0.6) is 0 Å². The quantitative estimate of drug-likeness (QED) is 0.297. The van der Waals surface area contributed by atoms with Crippen molar-refractivity contribution < 1.29 is 14.1 Å². The van der Waals surface area contributed by atoms with Gasteiger partial charge in [-0.05, 0) is 49.4 Å². The zero-order valence-electron chi connectivity index (χ0n) is 19.0. The number of benzene rings is 1. The van der Waals surface area contributed by atoms with Crippen LogP contribution in [0.15, 0.2) is 30.3 Å². The smallest absolute Gasteiger partial charge is 0.253 e. The van der Waals surface area contributed by atoms with E-state index >= 15 is 0 Å². The summed E-state index contributed by atoms with van der Waals surface area (Å²) in [6.07, 6.45) is 3.10. The fourth-order valence-electron chi connectivity index (χ4n) is 4.26. The normalized spacial score (nSPS) is 15.1. The van der Waals surface area contributed by atoms with Crippen LogP contribution in [-0.2, 0) is 14.1 Å². The monoisotopic (exact) mass is 407 g/mol. The maximum Gasteiger partial charge on any atom is 0.253 e. The molecule has 0 aromatic heterocycles. The van der Waals surface area contributed by atoms with Gasteiger partial charge in [0, 0.05) is 13.2 Å². The summed E-state index contributed by atoms with van der Waals surface area (Å²) in [7, 11) is 1.58. The average Bonchev–Trinajstić information content (AvgIpc) is 2.72. The van der Waals surface area contributed by atoms with Gasteiger partial charge in [-0.25, -0.2) is 5.06 Å². The number of nitrogens with zero attached hydrogens (tertiary/aromatic N) is 1. The van der Waals surface area contributed by atoms with Gasteiger partial charge in [0.15, 0.2) is 8.32 Å². The highest BCUT2D eigenvalue weighted by Gasteiger charge is 2.35. The van der Waals surface area contributed by atoms with Crippen LogP contribution in [0, 0.1) is 5.92 Å². The third-order valence-electron chi connectivity index (χ3n) is 6.16. The van der Waals surface area contributed by atoms with Crippen LogP contribution in [0.3, 0.4) is 0 Å². The van der Waals surface area contributed by atoms with Gasteiger partial charge in [0.2, 0.25) is 0 Å². The van der Waals surface area contributed by atoms with E-state index in [-0.39, 0.29) is 23.8 Å². The Hall–Kier alpha value is -1.17. The Labute approximate surface area is 173 Å². The minimum atomic E-state index is -1.66. The maximum absolute atomic E-state index is 13.2. The van der Waals surface area contributed by atoms with E-state index in [0.717, 1.165) is 43.0 Å². The van der Waals surface area contributed by atoms with Crippen LogP contribution >= 0.6 is 0 Å². The van der Waals surface area contributed by atoms with E-state index in [9.17, 15) is 4.79 Å². The van der Waals surface area contributed by atoms with Crippen molar-refractivity contribution >= 4 is 14.2 Å². The maximum atomic E-state index is 13.2. The van der Waals surface area contributed by atoms with Crippen molar-refractivity contribution in [3.8, 4) is 0 Å². The molecule has 0 radical (unpaired) electrons. The van der Waals surface area contributed by atoms with Gasteiger partial charge >= 0.3 is 0 Å². The van der Waals surface area contributed by atoms with Gasteiger partial charge in [-0.3, -0.25) is 9.63 Å². The largest absolute Gasteiger partial charge is 0.414 e. The second kappa shape index (κ2) is 12.4. The van der Waals surface area contributed by atoms with Crippen molar-refractivity contribution in [2.45, 2.75) is 84.0 Å². The standard InChI is InChI=1S/C23H41NO3Si/c1-8-15-21(18-19(5)27-28(9-2,10-3)11-4)22(23(25)24(6)26-7)20-16-13-12-14-17-20/h12-14,16-17,19,21-22H,8-11,15,18H2,1-7H3/t19-,21-,22+/m0/s1. The van der Waals surface area contributed by atoms with Crippen molar-refractivity contribution in [1.29, 1.82) is 0 Å². The Morgan fingerprint density at radius 2 is 1.64 bits per heavy atom. The molecule has 0 saturated heterocycles. The molecule has 0 saturated carbocycles. The molecule has 0 N–H and O–H groups in total. The Morgan fingerprint density at radius 3 is 2.11 bits per heavy atom. The zero-order valence-corrected chi connectivity index (χ0v) is 20.0. The van der Waals surface area contributed by atoms with Crippen LogP contribution in [0.25, 0.3) is 0 Å². The lowest BCUT2D eigenvalue weighted by atomic mass is 9.79. The van der Waals surface area contributed by atoms with Gasteiger partial charge < -0.3 is 4.43 Å². The lowest BCUT2D eigenvalue weighted by molar-refractivity contribution is -0.172. The first-order valence-corrected chi connectivity index (χ1v) is 13.4. The molecule has 160 valence electrons. The van der Waals surface area contributed by atoms with Gasteiger partial charge in [0.25, 0.3) is 5.91 Å². The lowest BCUT2D eigenvalue weighted by Gasteiger charge is -2.35. The summed E-state index contributed by atoms with van der Waals surface area (Å²) in [4.78, 5) is 18.4. The predicted octanol–water partition coefficient (Wildman–Crippen LogP) is 6.01. The molecule has 0 spiro atoms. The van der Waals surface area contributed by atoms with E-state index < -0.39 is 8.32 Å². The van der Waals surface area contributed by atoms with Gasteiger partial charge in [0.1, 0.15) is 0 Å². The van der Waals surface area contributed by atoms with Crippen molar-refractivity contribution in [1.82, 2.24) is 5.06 Å². The van der Waals surface area contributed by atoms with Crippen LogP contribution in [0.4, 0.5) is 0 Å². The molecule has 1 aromatic rings. The van der Waals surface area contributed by atoms with E-state index in [2.05, 4.69) is 46.8 Å². The van der Waals surface area contributed by atoms with Crippen LogP contribution in [0.2, 0.25) is 18.1 Å². The van der Waals surface area contributed by atoms with E-state index in [1.54, 1.807) is 14.2 Å². The number of hydrogen-bond acceptors (Lipinski definition) is 3. The minimum absolute atomic E-state index is 0.0179. The second-order valence-corrected chi connectivity index (χ2v) is 12.6. The number of amides is 1. The van der Waals surface area contributed by atoms with E-state index in [1.807, 2.05) is 18.2 Å². The first-order valence-electron chi connectivity index (χ1n) is 10.9. The molecule has 0 aliphatic rings. The molecule has 0 fully saturated rings. The Morgan fingerprint density at radius 1 is 1.07 bits per heavy atom. The summed E-state index contributed by atoms with van der Waals surface area (Å²) >= 11 is 0. The molecule has 1 amide bonds. The second-order valence-electron chi connectivity index (χ2n) is 7.86. The molecule has 0 heterocycles. The highest BCUT2D eigenvalue weighted by atomic mass is 28.4. The Balaban J connectivity index is 3.12. The van der Waals surface area contributed by atoms with E-state index in [1.165, 1.54) is 5.06 Å². The SMILES string of the molecule is CCC[C@@H](C[C@H](C)O[Si](CC)(CC)CC)[C@H](C(=O)N(C)OC)c1ccccc1. The summed E-state index contributed by atoms with van der Waals surface area (Å²) in [6, 6.07) is 13.6. The zero-order chi connectivity index (χ0) is 21.2. The molecular formula is C23H41NO3Si. The summed E-state index contributed by atoms with van der Waals surface area (Å²) in [6.45, 7) is 11.2. The lowest BCUT2D eigenvalue weighted by Crippen LogP contribution is -2.41. The third kappa shape index (κ3) is 6.71. The van der Waals surface area contributed by atoms with E-state index in [0.29, 0.717) is 0 Å². The molecule has 0 bridgehead atoms. The molecule has 4 nitrogen and oxygen atoms in total. The number of likely N-dealkylation sites (N-methyl/N-ethyl adjacent to an activating group) is 1. The van der Waals surface area contributed by atoms with Gasteiger partial charge in [-0.1, -0.05) is 64.4 Å². The van der Waals surface area contributed by atoms with Gasteiger partial charge in [-0.2, -0.15) is 0 Å². The van der Waals surface area contributed by atoms with Crippen molar-refractivity contribution in [2.24, 2.45) is 5.92 Å². The fraction of sp³-hybridized carbons (Fsp3) is 0.696. The predicted molar refractivity (Wildman–Crippen MR) is 120 cm³/mol. The van der Waals surface area contributed by atoms with Gasteiger partial charge in [0.05, 0.1) is 13.0 Å². The average molecular weight is 408 g/mol. The van der Waals surface area contributed by atoms with Crippen molar-refractivity contribution in [3.05, 3.63) is 35.9 Å². The summed E-state index contributed by atoms with van der Waals surface area (Å²) in [5, 5.41) is 1.37. The molecule has 3 atom stereocenters.